The largest absolute Gasteiger partial charge is 0.481 e. The Morgan fingerprint density at radius 1 is 1.42 bits per heavy atom. The van der Waals surface area contributed by atoms with E-state index in [1.54, 1.807) is 19.9 Å². The molecule has 0 N–H and O–H groups in total. The number of rotatable bonds is 4. The van der Waals surface area contributed by atoms with E-state index in [0.29, 0.717) is 17.4 Å². The molecule has 0 unspecified atom stereocenters. The van der Waals surface area contributed by atoms with E-state index in [0.717, 1.165) is 0 Å². The molecule has 0 radical (unpaired) electrons. The van der Waals surface area contributed by atoms with Crippen LogP contribution in [0.25, 0.3) is 5.82 Å². The van der Waals surface area contributed by atoms with Gasteiger partial charge in [0.05, 0.1) is 19.4 Å². The first-order valence-corrected chi connectivity index (χ1v) is 5.63. The Hall–Kier alpha value is -2.51. The minimum Gasteiger partial charge on any atom is -0.481 e. The van der Waals surface area contributed by atoms with Gasteiger partial charge in [-0.25, -0.2) is 14.8 Å². The first kappa shape index (κ1) is 12.9. The molecule has 0 bridgehead atoms. The number of nitrogens with zero attached hydrogens (tertiary/aromatic N) is 5. The molecule has 0 saturated carbocycles. The van der Waals surface area contributed by atoms with Crippen LogP contribution in [0.15, 0.2) is 12.4 Å². The van der Waals surface area contributed by atoms with E-state index < -0.39 is 5.97 Å². The van der Waals surface area contributed by atoms with Crippen molar-refractivity contribution in [2.75, 3.05) is 13.7 Å². The molecule has 0 amide bonds. The van der Waals surface area contributed by atoms with E-state index in [4.69, 9.17) is 9.47 Å². The summed E-state index contributed by atoms with van der Waals surface area (Å²) in [7, 11) is 1.50. The van der Waals surface area contributed by atoms with E-state index in [1.807, 2.05) is 0 Å². The quantitative estimate of drug-likeness (QED) is 0.744. The minimum absolute atomic E-state index is 0.166. The zero-order valence-corrected chi connectivity index (χ0v) is 10.8. The zero-order valence-electron chi connectivity index (χ0n) is 10.8. The van der Waals surface area contributed by atoms with Crippen LogP contribution >= 0.6 is 0 Å². The summed E-state index contributed by atoms with van der Waals surface area (Å²) in [6.07, 6.45) is 1.35. The molecule has 0 saturated heterocycles. The average Bonchev–Trinajstić information content (AvgIpc) is 2.81. The summed E-state index contributed by atoms with van der Waals surface area (Å²) < 4.78 is 11.3. The highest BCUT2D eigenvalue weighted by Gasteiger charge is 2.19. The molecule has 8 heteroatoms. The van der Waals surface area contributed by atoms with Crippen LogP contribution in [-0.4, -0.2) is 44.6 Å². The fourth-order valence-corrected chi connectivity index (χ4v) is 1.49. The van der Waals surface area contributed by atoms with Crippen molar-refractivity contribution in [1.82, 2.24) is 25.0 Å². The van der Waals surface area contributed by atoms with Gasteiger partial charge in [0.25, 0.3) is 0 Å². The van der Waals surface area contributed by atoms with Crippen LogP contribution in [0.5, 0.6) is 5.88 Å². The van der Waals surface area contributed by atoms with Crippen molar-refractivity contribution in [3.05, 3.63) is 23.8 Å². The summed E-state index contributed by atoms with van der Waals surface area (Å²) >= 11 is 0. The second-order valence-electron chi connectivity index (χ2n) is 3.57. The average molecular weight is 263 g/mol. The van der Waals surface area contributed by atoms with E-state index in [1.165, 1.54) is 18.1 Å². The predicted molar refractivity (Wildman–Crippen MR) is 64.2 cm³/mol. The molecule has 0 aliphatic carbocycles. The molecule has 2 aromatic rings. The number of aromatic nitrogens is 5. The maximum Gasteiger partial charge on any atom is 0.360 e. The standard InChI is InChI=1S/C11H13N5O3/c1-4-19-11(17)10-7(2)16(15-14-10)8-5-9(18-3)13-6-12-8/h5-6H,4H2,1-3H3. The molecule has 0 spiro atoms. The van der Waals surface area contributed by atoms with Crippen molar-refractivity contribution in [3.63, 3.8) is 0 Å². The maximum atomic E-state index is 11.6. The first-order valence-electron chi connectivity index (χ1n) is 5.63. The van der Waals surface area contributed by atoms with Gasteiger partial charge in [0, 0.05) is 6.07 Å². The molecule has 2 rings (SSSR count). The maximum absolute atomic E-state index is 11.6. The number of carbonyl (C=O) groups is 1. The van der Waals surface area contributed by atoms with Gasteiger partial charge in [-0.15, -0.1) is 5.10 Å². The molecular formula is C11H13N5O3. The number of hydrogen-bond acceptors (Lipinski definition) is 7. The van der Waals surface area contributed by atoms with Gasteiger partial charge in [0.2, 0.25) is 5.88 Å². The predicted octanol–water partition coefficient (Wildman–Crippen LogP) is 0.551. The van der Waals surface area contributed by atoms with Gasteiger partial charge in [-0.3, -0.25) is 0 Å². The number of hydrogen-bond donors (Lipinski definition) is 0. The van der Waals surface area contributed by atoms with E-state index >= 15 is 0 Å². The Bertz CT molecular complexity index is 596. The fraction of sp³-hybridized carbons (Fsp3) is 0.364. The molecule has 2 aromatic heterocycles. The summed E-state index contributed by atoms with van der Waals surface area (Å²) in [5, 5.41) is 7.69. The number of ether oxygens (including phenoxy) is 2. The van der Waals surface area contributed by atoms with Crippen molar-refractivity contribution in [1.29, 1.82) is 0 Å². The Labute approximate surface area is 109 Å². The first-order chi connectivity index (χ1) is 9.17. The summed E-state index contributed by atoms with van der Waals surface area (Å²) in [4.78, 5) is 19.6. The molecule has 0 aliphatic heterocycles. The summed E-state index contributed by atoms with van der Waals surface area (Å²) in [6.45, 7) is 3.72. The normalized spacial score (nSPS) is 10.3. The number of carbonyl (C=O) groups excluding carboxylic acids is 1. The van der Waals surface area contributed by atoms with Crippen LogP contribution in [0.2, 0.25) is 0 Å². The van der Waals surface area contributed by atoms with Crippen molar-refractivity contribution in [2.45, 2.75) is 13.8 Å². The van der Waals surface area contributed by atoms with Crippen molar-refractivity contribution >= 4 is 5.97 Å². The Morgan fingerprint density at radius 2 is 2.21 bits per heavy atom. The van der Waals surface area contributed by atoms with Crippen LogP contribution in [0, 0.1) is 6.92 Å². The molecule has 0 aliphatic rings. The Kier molecular flexibility index (Phi) is 3.69. The molecule has 8 nitrogen and oxygen atoms in total. The van der Waals surface area contributed by atoms with Gasteiger partial charge in [-0.05, 0) is 13.8 Å². The lowest BCUT2D eigenvalue weighted by Gasteiger charge is -2.04. The molecule has 0 atom stereocenters. The van der Waals surface area contributed by atoms with Gasteiger partial charge in [0.1, 0.15) is 6.33 Å². The third-order valence-corrected chi connectivity index (χ3v) is 2.42. The van der Waals surface area contributed by atoms with Gasteiger partial charge >= 0.3 is 5.97 Å². The van der Waals surface area contributed by atoms with Crippen LogP contribution in [0.3, 0.4) is 0 Å². The zero-order chi connectivity index (χ0) is 13.8. The van der Waals surface area contributed by atoms with Crippen LogP contribution in [0.1, 0.15) is 23.1 Å². The second-order valence-corrected chi connectivity index (χ2v) is 3.57. The summed E-state index contributed by atoms with van der Waals surface area (Å²) in [5.74, 6) is 0.359. The van der Waals surface area contributed by atoms with E-state index in [2.05, 4.69) is 20.3 Å². The third-order valence-electron chi connectivity index (χ3n) is 2.42. The molecule has 0 aromatic carbocycles. The number of methoxy groups -OCH3 is 1. The van der Waals surface area contributed by atoms with Gasteiger partial charge < -0.3 is 9.47 Å². The highest BCUT2D eigenvalue weighted by molar-refractivity contribution is 5.88. The monoisotopic (exact) mass is 263 g/mol. The minimum atomic E-state index is -0.507. The molecule has 0 fully saturated rings. The summed E-state index contributed by atoms with van der Waals surface area (Å²) in [5.41, 5.74) is 0.707. The third kappa shape index (κ3) is 2.51. The van der Waals surface area contributed by atoms with E-state index in [9.17, 15) is 4.79 Å². The van der Waals surface area contributed by atoms with Gasteiger partial charge in [0.15, 0.2) is 11.5 Å². The van der Waals surface area contributed by atoms with Crippen molar-refractivity contribution < 1.29 is 14.3 Å². The lowest BCUT2D eigenvalue weighted by Crippen LogP contribution is -2.08. The fourth-order valence-electron chi connectivity index (χ4n) is 1.49. The molecule has 2 heterocycles. The number of esters is 1. The summed E-state index contributed by atoms with van der Waals surface area (Å²) in [6, 6.07) is 1.59. The van der Waals surface area contributed by atoms with Gasteiger partial charge in [-0.1, -0.05) is 5.21 Å². The van der Waals surface area contributed by atoms with E-state index in [-0.39, 0.29) is 12.3 Å². The van der Waals surface area contributed by atoms with Crippen LogP contribution in [0.4, 0.5) is 0 Å². The lowest BCUT2D eigenvalue weighted by molar-refractivity contribution is 0.0518. The van der Waals surface area contributed by atoms with Gasteiger partial charge in [-0.2, -0.15) is 4.68 Å². The lowest BCUT2D eigenvalue weighted by atomic mass is 10.3. The topological polar surface area (TPSA) is 92.0 Å². The van der Waals surface area contributed by atoms with Crippen molar-refractivity contribution in [2.24, 2.45) is 0 Å². The highest BCUT2D eigenvalue weighted by Crippen LogP contribution is 2.14. The SMILES string of the molecule is CCOC(=O)c1nnn(-c2cc(OC)ncn2)c1C. The molecule has 19 heavy (non-hydrogen) atoms. The van der Waals surface area contributed by atoms with Crippen LogP contribution < -0.4 is 4.74 Å². The second kappa shape index (κ2) is 5.42. The van der Waals surface area contributed by atoms with Crippen molar-refractivity contribution in [3.8, 4) is 11.7 Å². The Morgan fingerprint density at radius 3 is 2.89 bits per heavy atom. The van der Waals surface area contributed by atoms with Crippen LogP contribution in [-0.2, 0) is 4.74 Å². The smallest absolute Gasteiger partial charge is 0.360 e. The molecule has 100 valence electrons. The Balaban J connectivity index is 2.38. The highest BCUT2D eigenvalue weighted by atomic mass is 16.5. The molecular weight excluding hydrogens is 250 g/mol.